The summed E-state index contributed by atoms with van der Waals surface area (Å²) < 4.78 is 2.09. The lowest BCUT2D eigenvalue weighted by atomic mass is 10.2. The Hall–Kier alpha value is -1.29. The van der Waals surface area contributed by atoms with Crippen molar-refractivity contribution in [1.82, 2.24) is 4.98 Å². The van der Waals surface area contributed by atoms with Crippen LogP contribution in [0.15, 0.2) is 23.8 Å². The maximum Gasteiger partial charge on any atom is 0.225 e. The largest absolute Gasteiger partial charge is 1.00 e. The molecule has 0 saturated heterocycles. The number of nitriles is 1. The van der Waals surface area contributed by atoms with Gasteiger partial charge >= 0.3 is 0 Å². The molecule has 2 rings (SSSR count). The van der Waals surface area contributed by atoms with Crippen LogP contribution >= 0.6 is 11.3 Å². The van der Waals surface area contributed by atoms with Crippen LogP contribution in [0, 0.1) is 18.3 Å². The molecule has 0 fully saturated rings. The molecule has 2 aromatic rings. The van der Waals surface area contributed by atoms with Crippen LogP contribution in [0.25, 0.3) is 0 Å². The van der Waals surface area contributed by atoms with Crippen molar-refractivity contribution in [1.29, 1.82) is 5.26 Å². The summed E-state index contributed by atoms with van der Waals surface area (Å²) in [4.78, 5) is 5.24. The third-order valence-electron chi connectivity index (χ3n) is 2.83. The maximum absolute atomic E-state index is 9.00. The van der Waals surface area contributed by atoms with Gasteiger partial charge in [-0.15, -0.1) is 0 Å². The average molecular weight is 340 g/mol. The van der Waals surface area contributed by atoms with E-state index in [0.717, 1.165) is 11.3 Å². The maximum atomic E-state index is 9.00. The second-order valence-electron chi connectivity index (χ2n) is 3.96. The van der Waals surface area contributed by atoms with Crippen molar-refractivity contribution in [3.63, 3.8) is 0 Å². The van der Waals surface area contributed by atoms with Crippen molar-refractivity contribution in [3.8, 4) is 6.07 Å². The summed E-state index contributed by atoms with van der Waals surface area (Å²) >= 11 is 1.63. The third kappa shape index (κ3) is 3.60. The van der Waals surface area contributed by atoms with Gasteiger partial charge in [0.15, 0.2) is 12.2 Å². The minimum atomic E-state index is 0. The summed E-state index contributed by atoms with van der Waals surface area (Å²) in [6.45, 7) is 2.84. The van der Waals surface area contributed by atoms with E-state index in [0.29, 0.717) is 18.7 Å². The first-order chi connectivity index (χ1) is 8.76. The number of aliphatic hydroxyl groups excluding tert-OH is 1. The molecule has 6 heteroatoms. The monoisotopic (exact) mass is 339 g/mol. The fourth-order valence-corrected chi connectivity index (χ4v) is 2.78. The zero-order chi connectivity index (χ0) is 13.0. The summed E-state index contributed by atoms with van der Waals surface area (Å²) in [5.74, 6) is 0. The summed E-state index contributed by atoms with van der Waals surface area (Å²) in [5, 5.41) is 18.0. The van der Waals surface area contributed by atoms with Gasteiger partial charge < -0.3 is 22.1 Å². The molecule has 100 valence electrons. The smallest absolute Gasteiger partial charge is 0.225 e. The van der Waals surface area contributed by atoms with Gasteiger partial charge in [0.05, 0.1) is 10.4 Å². The van der Waals surface area contributed by atoms with E-state index in [9.17, 15) is 0 Å². The fraction of sp³-hybridized carbons (Fsp3) is 0.308. The Balaban J connectivity index is 0.00000180. The van der Waals surface area contributed by atoms with E-state index in [1.165, 1.54) is 4.88 Å². The molecule has 0 spiro atoms. The number of nitrogens with zero attached hydrogens (tertiary/aromatic N) is 3. The minimum absolute atomic E-state index is 0. The quantitative estimate of drug-likeness (QED) is 0.668. The lowest BCUT2D eigenvalue weighted by Crippen LogP contribution is -3.00. The van der Waals surface area contributed by atoms with Gasteiger partial charge in [0.2, 0.25) is 5.51 Å². The number of aliphatic hydroxyl groups is 1. The summed E-state index contributed by atoms with van der Waals surface area (Å²) in [6.07, 6.45) is 2.31. The highest BCUT2D eigenvalue weighted by atomic mass is 79.9. The van der Waals surface area contributed by atoms with Crippen molar-refractivity contribution in [3.05, 3.63) is 45.7 Å². The zero-order valence-corrected chi connectivity index (χ0v) is 12.9. The molecule has 0 amide bonds. The highest BCUT2D eigenvalue weighted by Gasteiger charge is 2.16. The van der Waals surface area contributed by atoms with E-state index in [1.807, 2.05) is 24.6 Å². The summed E-state index contributed by atoms with van der Waals surface area (Å²) in [5.41, 5.74) is 4.55. The number of thiazole rings is 1. The Kier molecular flexibility index (Phi) is 6.09. The molecule has 0 radical (unpaired) electrons. The van der Waals surface area contributed by atoms with E-state index in [2.05, 4.69) is 15.6 Å². The molecule has 0 aliphatic heterocycles. The van der Waals surface area contributed by atoms with E-state index < -0.39 is 0 Å². The Morgan fingerprint density at radius 2 is 2.32 bits per heavy atom. The van der Waals surface area contributed by atoms with Gasteiger partial charge in [0.25, 0.3) is 0 Å². The molecule has 0 unspecified atom stereocenters. The van der Waals surface area contributed by atoms with Gasteiger partial charge in [-0.3, -0.25) is 0 Å². The van der Waals surface area contributed by atoms with Crippen molar-refractivity contribution < 1.29 is 26.7 Å². The number of pyridine rings is 1. The molecule has 4 nitrogen and oxygen atoms in total. The van der Waals surface area contributed by atoms with Crippen molar-refractivity contribution >= 4 is 11.3 Å². The number of hydrogen-bond acceptors (Lipinski definition) is 4. The molecular formula is C13H14BrN3OS. The standard InChI is InChI=1S/C13H14N3OS.BrH/c1-10-13(4-6-17)18-9-16(10)8-11-3-2-5-15-12(11)7-14;/h2-3,5,9,17H,4,6,8H2,1H3;1H/q+1;/p-1. The fourth-order valence-electron chi connectivity index (χ4n) is 1.80. The Morgan fingerprint density at radius 3 is 3.00 bits per heavy atom. The minimum Gasteiger partial charge on any atom is -1.00 e. The van der Waals surface area contributed by atoms with Crippen LogP contribution in [0.2, 0.25) is 0 Å². The number of hydrogen-bond donors (Lipinski definition) is 1. The molecule has 0 aliphatic rings. The third-order valence-corrected chi connectivity index (χ3v) is 3.98. The number of rotatable bonds is 4. The predicted molar refractivity (Wildman–Crippen MR) is 68.1 cm³/mol. The molecule has 0 saturated carbocycles. The lowest BCUT2D eigenvalue weighted by Gasteiger charge is -1.99. The zero-order valence-electron chi connectivity index (χ0n) is 10.5. The summed E-state index contributed by atoms with van der Waals surface area (Å²) in [6, 6.07) is 5.86. The van der Waals surface area contributed by atoms with Crippen LogP contribution in [0.5, 0.6) is 0 Å². The van der Waals surface area contributed by atoms with Gasteiger partial charge in [-0.2, -0.15) is 9.83 Å². The van der Waals surface area contributed by atoms with Gasteiger partial charge in [0.1, 0.15) is 11.8 Å². The Morgan fingerprint density at radius 1 is 1.53 bits per heavy atom. The first-order valence-electron chi connectivity index (χ1n) is 5.67. The number of aromatic nitrogens is 2. The molecule has 0 aromatic carbocycles. The molecule has 0 atom stereocenters. The summed E-state index contributed by atoms with van der Waals surface area (Å²) in [7, 11) is 0. The van der Waals surface area contributed by atoms with Gasteiger partial charge in [-0.05, 0) is 12.1 Å². The second-order valence-corrected chi connectivity index (χ2v) is 4.90. The highest BCUT2D eigenvalue weighted by molar-refractivity contribution is 7.09. The first kappa shape index (κ1) is 15.8. The van der Waals surface area contributed by atoms with Crippen LogP contribution in [0.4, 0.5) is 0 Å². The first-order valence-corrected chi connectivity index (χ1v) is 6.55. The van der Waals surface area contributed by atoms with Crippen molar-refractivity contribution in [2.75, 3.05) is 6.61 Å². The topological polar surface area (TPSA) is 60.8 Å². The van der Waals surface area contributed by atoms with Crippen LogP contribution in [-0.4, -0.2) is 16.7 Å². The predicted octanol–water partition coefficient (Wildman–Crippen LogP) is -1.80. The SMILES string of the molecule is Cc1c(CCO)sc[n+]1Cc1cccnc1C#N.[Br-]. The van der Waals surface area contributed by atoms with Gasteiger partial charge in [-0.25, -0.2) is 4.98 Å². The molecular weight excluding hydrogens is 326 g/mol. The molecule has 2 heterocycles. The van der Waals surface area contributed by atoms with Crippen molar-refractivity contribution in [2.45, 2.75) is 19.9 Å². The average Bonchev–Trinajstić information content (AvgIpc) is 2.73. The lowest BCUT2D eigenvalue weighted by molar-refractivity contribution is -0.689. The second kappa shape index (κ2) is 7.34. The molecule has 0 bridgehead atoms. The van der Waals surface area contributed by atoms with Crippen molar-refractivity contribution in [2.24, 2.45) is 0 Å². The van der Waals surface area contributed by atoms with E-state index in [1.54, 1.807) is 17.5 Å². The Bertz CT molecular complexity index is 592. The van der Waals surface area contributed by atoms with Gasteiger partial charge in [-0.1, -0.05) is 11.3 Å². The van der Waals surface area contributed by atoms with Crippen LogP contribution in [0.1, 0.15) is 21.8 Å². The van der Waals surface area contributed by atoms with E-state index >= 15 is 0 Å². The van der Waals surface area contributed by atoms with Crippen LogP contribution in [0.3, 0.4) is 0 Å². The highest BCUT2D eigenvalue weighted by Crippen LogP contribution is 2.12. The molecule has 19 heavy (non-hydrogen) atoms. The van der Waals surface area contributed by atoms with Gasteiger partial charge in [0, 0.05) is 26.1 Å². The number of halogens is 1. The van der Waals surface area contributed by atoms with Crippen LogP contribution in [-0.2, 0) is 13.0 Å². The molecule has 0 aliphatic carbocycles. The normalized spacial score (nSPS) is 9.74. The Labute approximate surface area is 126 Å². The van der Waals surface area contributed by atoms with E-state index in [-0.39, 0.29) is 23.6 Å². The molecule has 1 N–H and O–H groups in total. The van der Waals surface area contributed by atoms with E-state index in [4.69, 9.17) is 10.4 Å². The van der Waals surface area contributed by atoms with Crippen LogP contribution < -0.4 is 21.5 Å². The molecule has 2 aromatic heterocycles.